The minimum absolute atomic E-state index is 0.228. The minimum Gasteiger partial charge on any atom is -0.506 e. The number of anilines is 1. The Morgan fingerprint density at radius 2 is 1.55 bits per heavy atom. The molecular weight excluding hydrogens is 382 g/mol. The molecule has 1 aliphatic rings. The Labute approximate surface area is 184 Å². The number of phenols is 1. The second-order valence-corrected chi connectivity index (χ2v) is 7.83. The summed E-state index contributed by atoms with van der Waals surface area (Å²) in [5.74, 6) is 0.228. The highest BCUT2D eigenvalue weighted by Crippen LogP contribution is 2.31. The molecule has 1 aliphatic heterocycles. The Balaban J connectivity index is 1.63. The fourth-order valence-electron chi connectivity index (χ4n) is 3.73. The Bertz CT molecular complexity index is 1060. The lowest BCUT2D eigenvalue weighted by Gasteiger charge is -2.28. The second-order valence-electron chi connectivity index (χ2n) is 7.83. The van der Waals surface area contributed by atoms with E-state index in [0.29, 0.717) is 5.69 Å². The number of hydrazone groups is 1. The lowest BCUT2D eigenvalue weighted by atomic mass is 10.0. The van der Waals surface area contributed by atoms with Crippen LogP contribution in [0.1, 0.15) is 49.3 Å². The van der Waals surface area contributed by atoms with E-state index in [2.05, 4.69) is 30.5 Å². The van der Waals surface area contributed by atoms with Crippen molar-refractivity contribution >= 4 is 17.1 Å². The van der Waals surface area contributed by atoms with Gasteiger partial charge >= 0.3 is 0 Å². The zero-order valence-electron chi connectivity index (χ0n) is 18.0. The van der Waals surface area contributed by atoms with E-state index in [0.717, 1.165) is 40.9 Å². The van der Waals surface area contributed by atoms with E-state index in [1.807, 2.05) is 66.7 Å². The maximum Gasteiger partial charge on any atom is 0.143 e. The molecule has 0 aromatic heterocycles. The SMILES string of the molecule is CCCCCCc1ccc(N2N=C(c3ccccc3)C=C(c3ccccc3)N2)c(O)c1. The van der Waals surface area contributed by atoms with E-state index in [-0.39, 0.29) is 5.75 Å². The first-order chi connectivity index (χ1) is 15.2. The normalized spacial score (nSPS) is 13.4. The van der Waals surface area contributed by atoms with E-state index >= 15 is 0 Å². The number of unbranched alkanes of at least 4 members (excludes halogenated alkanes) is 3. The number of aryl methyl sites for hydroxylation is 1. The van der Waals surface area contributed by atoms with Gasteiger partial charge in [-0.05, 0) is 42.2 Å². The van der Waals surface area contributed by atoms with Gasteiger partial charge in [0.2, 0.25) is 0 Å². The summed E-state index contributed by atoms with van der Waals surface area (Å²) in [5.41, 5.74) is 8.98. The zero-order chi connectivity index (χ0) is 21.5. The number of allylic oxidation sites excluding steroid dienone is 1. The molecule has 158 valence electrons. The third kappa shape index (κ3) is 5.15. The topological polar surface area (TPSA) is 47.9 Å². The highest BCUT2D eigenvalue weighted by molar-refractivity contribution is 6.13. The Morgan fingerprint density at radius 1 is 0.839 bits per heavy atom. The standard InChI is InChI=1S/C27H29N3O/c1-2-3-4-7-12-21-17-18-26(27(31)19-21)30-28-24(22-13-8-5-9-14-22)20-25(29-30)23-15-10-6-11-16-23/h5-6,8-11,13-20,28,31H,2-4,7,12H2,1H3. The molecule has 0 spiro atoms. The number of benzene rings is 3. The first kappa shape index (κ1) is 20.7. The third-order valence-electron chi connectivity index (χ3n) is 5.46. The van der Waals surface area contributed by atoms with Crippen LogP contribution in [0.3, 0.4) is 0 Å². The summed E-state index contributed by atoms with van der Waals surface area (Å²) >= 11 is 0. The molecule has 31 heavy (non-hydrogen) atoms. The van der Waals surface area contributed by atoms with Crippen LogP contribution in [0.5, 0.6) is 5.75 Å². The highest BCUT2D eigenvalue weighted by Gasteiger charge is 2.19. The lowest BCUT2D eigenvalue weighted by molar-refractivity contribution is 0.472. The van der Waals surface area contributed by atoms with E-state index in [1.165, 1.54) is 19.3 Å². The fourth-order valence-corrected chi connectivity index (χ4v) is 3.73. The smallest absolute Gasteiger partial charge is 0.143 e. The van der Waals surface area contributed by atoms with E-state index in [9.17, 15) is 5.11 Å². The lowest BCUT2D eigenvalue weighted by Crippen LogP contribution is -2.36. The van der Waals surface area contributed by atoms with Crippen molar-refractivity contribution in [3.8, 4) is 5.75 Å². The molecule has 1 heterocycles. The number of phenolic OH excluding ortho intramolecular Hbond substituents is 1. The largest absolute Gasteiger partial charge is 0.506 e. The number of nitrogens with zero attached hydrogens (tertiary/aromatic N) is 2. The minimum atomic E-state index is 0.228. The third-order valence-corrected chi connectivity index (χ3v) is 5.46. The average Bonchev–Trinajstić information content (AvgIpc) is 2.83. The summed E-state index contributed by atoms with van der Waals surface area (Å²) in [6.07, 6.45) is 7.88. The van der Waals surface area contributed by atoms with Gasteiger partial charge in [0.25, 0.3) is 0 Å². The maximum absolute atomic E-state index is 10.8. The van der Waals surface area contributed by atoms with Crippen LogP contribution in [0, 0.1) is 0 Å². The molecular formula is C27H29N3O. The Morgan fingerprint density at radius 3 is 2.23 bits per heavy atom. The summed E-state index contributed by atoms with van der Waals surface area (Å²) in [6, 6.07) is 26.1. The van der Waals surface area contributed by atoms with Gasteiger partial charge in [0.1, 0.15) is 11.4 Å². The summed E-state index contributed by atoms with van der Waals surface area (Å²) in [6.45, 7) is 2.22. The number of hydrogen-bond acceptors (Lipinski definition) is 4. The van der Waals surface area contributed by atoms with Crippen molar-refractivity contribution in [1.29, 1.82) is 0 Å². The van der Waals surface area contributed by atoms with Gasteiger partial charge in [-0.3, -0.25) is 5.43 Å². The van der Waals surface area contributed by atoms with Gasteiger partial charge in [0.05, 0.1) is 11.4 Å². The zero-order valence-corrected chi connectivity index (χ0v) is 18.0. The van der Waals surface area contributed by atoms with Gasteiger partial charge in [-0.15, -0.1) is 0 Å². The van der Waals surface area contributed by atoms with Crippen LogP contribution in [-0.4, -0.2) is 10.8 Å². The van der Waals surface area contributed by atoms with Crippen molar-refractivity contribution in [2.24, 2.45) is 5.10 Å². The Kier molecular flexibility index (Phi) is 6.68. The molecule has 0 bridgehead atoms. The van der Waals surface area contributed by atoms with Crippen molar-refractivity contribution < 1.29 is 5.11 Å². The number of nitrogens with one attached hydrogen (secondary N) is 1. The summed E-state index contributed by atoms with van der Waals surface area (Å²) < 4.78 is 0. The van der Waals surface area contributed by atoms with Crippen molar-refractivity contribution in [3.63, 3.8) is 0 Å². The van der Waals surface area contributed by atoms with Gasteiger partial charge in [-0.2, -0.15) is 10.2 Å². The molecule has 3 aromatic rings. The molecule has 4 heteroatoms. The predicted molar refractivity (Wildman–Crippen MR) is 129 cm³/mol. The van der Waals surface area contributed by atoms with Crippen LogP contribution in [0.4, 0.5) is 5.69 Å². The average molecular weight is 412 g/mol. The van der Waals surface area contributed by atoms with Gasteiger partial charge < -0.3 is 5.11 Å². The summed E-state index contributed by atoms with van der Waals surface area (Å²) in [5, 5.41) is 17.2. The molecule has 0 saturated heterocycles. The van der Waals surface area contributed by atoms with Crippen LogP contribution >= 0.6 is 0 Å². The first-order valence-electron chi connectivity index (χ1n) is 11.0. The van der Waals surface area contributed by atoms with Gasteiger partial charge in [-0.1, -0.05) is 92.9 Å². The molecule has 0 atom stereocenters. The van der Waals surface area contributed by atoms with Crippen LogP contribution in [0.25, 0.3) is 5.70 Å². The molecule has 0 unspecified atom stereocenters. The molecule has 4 rings (SSSR count). The predicted octanol–water partition coefficient (Wildman–Crippen LogP) is 6.29. The molecule has 4 nitrogen and oxygen atoms in total. The van der Waals surface area contributed by atoms with E-state index in [4.69, 9.17) is 5.10 Å². The van der Waals surface area contributed by atoms with Crippen LogP contribution in [-0.2, 0) is 6.42 Å². The molecule has 0 amide bonds. The van der Waals surface area contributed by atoms with E-state index in [1.54, 1.807) is 5.12 Å². The fraction of sp³-hybridized carbons (Fsp3) is 0.222. The molecule has 0 fully saturated rings. The molecule has 3 aromatic carbocycles. The van der Waals surface area contributed by atoms with Crippen molar-refractivity contribution in [2.75, 3.05) is 5.12 Å². The number of hydrogen-bond donors (Lipinski definition) is 2. The summed E-state index contributed by atoms with van der Waals surface area (Å²) in [7, 11) is 0. The van der Waals surface area contributed by atoms with Crippen LogP contribution < -0.4 is 10.5 Å². The molecule has 0 radical (unpaired) electrons. The highest BCUT2D eigenvalue weighted by atomic mass is 16.3. The van der Waals surface area contributed by atoms with Crippen molar-refractivity contribution in [3.05, 3.63) is 102 Å². The van der Waals surface area contributed by atoms with Gasteiger partial charge in [-0.25, -0.2) is 0 Å². The van der Waals surface area contributed by atoms with Gasteiger partial charge in [0.15, 0.2) is 0 Å². The summed E-state index contributed by atoms with van der Waals surface area (Å²) in [4.78, 5) is 0. The van der Waals surface area contributed by atoms with E-state index < -0.39 is 0 Å². The van der Waals surface area contributed by atoms with Gasteiger partial charge in [0, 0.05) is 5.56 Å². The van der Waals surface area contributed by atoms with Crippen molar-refractivity contribution in [2.45, 2.75) is 39.0 Å². The number of rotatable bonds is 8. The molecule has 0 saturated carbocycles. The quantitative estimate of drug-likeness (QED) is 0.429. The Hall–Kier alpha value is -3.53. The van der Waals surface area contributed by atoms with Crippen molar-refractivity contribution in [1.82, 2.24) is 5.43 Å². The second kappa shape index (κ2) is 9.98. The number of hydrazine groups is 1. The van der Waals surface area contributed by atoms with Crippen LogP contribution in [0.15, 0.2) is 90.0 Å². The number of aromatic hydroxyl groups is 1. The van der Waals surface area contributed by atoms with Crippen LogP contribution in [0.2, 0.25) is 0 Å². The maximum atomic E-state index is 10.8. The monoisotopic (exact) mass is 411 g/mol. The molecule has 0 aliphatic carbocycles. The first-order valence-corrected chi connectivity index (χ1v) is 11.0. The molecule has 2 N–H and O–H groups in total.